The molecular formula is C26H28BrN3O2. The maximum Gasteiger partial charge on any atom is 0.251 e. The van der Waals surface area contributed by atoms with E-state index in [2.05, 4.69) is 65.3 Å². The van der Waals surface area contributed by atoms with Gasteiger partial charge in [0.1, 0.15) is 5.75 Å². The summed E-state index contributed by atoms with van der Waals surface area (Å²) in [6.07, 6.45) is 6.57. The lowest BCUT2D eigenvalue weighted by Crippen LogP contribution is -2.24. The number of benzene rings is 2. The second kappa shape index (κ2) is 10.5. The fourth-order valence-electron chi connectivity index (χ4n) is 3.28. The fraction of sp³-hybridized carbons (Fsp3) is 0.231. The van der Waals surface area contributed by atoms with Crippen LogP contribution in [-0.2, 0) is 11.3 Å². The minimum atomic E-state index is -0.177. The lowest BCUT2D eigenvalue weighted by molar-refractivity contribution is -0.115. The summed E-state index contributed by atoms with van der Waals surface area (Å²) in [6.45, 7) is 8.44. The predicted molar refractivity (Wildman–Crippen MR) is 134 cm³/mol. The van der Waals surface area contributed by atoms with Gasteiger partial charge >= 0.3 is 0 Å². The molecule has 32 heavy (non-hydrogen) atoms. The van der Waals surface area contributed by atoms with Crippen LogP contribution in [0.15, 0.2) is 64.8 Å². The molecule has 0 bridgehead atoms. The van der Waals surface area contributed by atoms with Gasteiger partial charge in [-0.1, -0.05) is 42.3 Å². The average Bonchev–Trinajstić information content (AvgIpc) is 3.18. The normalized spacial score (nSPS) is 12.2. The van der Waals surface area contributed by atoms with Crippen LogP contribution >= 0.6 is 15.9 Å². The lowest BCUT2D eigenvalue weighted by Gasteiger charge is -2.12. The van der Waals surface area contributed by atoms with E-state index in [1.165, 1.54) is 11.1 Å². The van der Waals surface area contributed by atoms with Gasteiger partial charge in [0.2, 0.25) is 0 Å². The number of halogens is 1. The topological polar surface area (TPSA) is 67.2 Å². The van der Waals surface area contributed by atoms with E-state index in [9.17, 15) is 9.90 Å². The molecular weight excluding hydrogens is 466 g/mol. The number of rotatable bonds is 7. The van der Waals surface area contributed by atoms with Gasteiger partial charge < -0.3 is 10.4 Å². The fourth-order valence-corrected chi connectivity index (χ4v) is 3.70. The molecule has 3 rings (SSSR count). The molecule has 0 aliphatic heterocycles. The van der Waals surface area contributed by atoms with Gasteiger partial charge in [-0.3, -0.25) is 4.79 Å². The molecule has 0 radical (unpaired) electrons. The van der Waals surface area contributed by atoms with Gasteiger partial charge in [-0.15, -0.1) is 0 Å². The summed E-state index contributed by atoms with van der Waals surface area (Å²) in [5, 5.41) is 17.3. The van der Waals surface area contributed by atoms with Crippen molar-refractivity contribution < 1.29 is 9.90 Å². The highest BCUT2D eigenvalue weighted by molar-refractivity contribution is 9.10. The summed E-state index contributed by atoms with van der Waals surface area (Å²) in [5.74, 6) is -0.00980. The number of aromatic nitrogens is 2. The Morgan fingerprint density at radius 3 is 2.56 bits per heavy atom. The van der Waals surface area contributed by atoms with Crippen LogP contribution in [0, 0.1) is 6.92 Å². The number of phenols is 1. The van der Waals surface area contributed by atoms with Crippen LogP contribution in [0.5, 0.6) is 5.75 Å². The van der Waals surface area contributed by atoms with Gasteiger partial charge in [0.15, 0.2) is 0 Å². The number of hydrogen-bond donors (Lipinski definition) is 2. The van der Waals surface area contributed by atoms with Gasteiger partial charge in [0.25, 0.3) is 5.91 Å². The SMILES string of the molecule is C/C=C(/C(=O)NCc1ccc(O)c(Br)c1)c1cnn(-c2ccc(C)cc2)c1/C=C(\C)CC. The van der Waals surface area contributed by atoms with Gasteiger partial charge in [-0.05, 0) is 79.0 Å². The molecule has 0 fully saturated rings. The van der Waals surface area contributed by atoms with Gasteiger partial charge in [0.05, 0.1) is 22.1 Å². The number of amides is 1. The molecule has 5 nitrogen and oxygen atoms in total. The van der Waals surface area contributed by atoms with Crippen molar-refractivity contribution in [3.8, 4) is 11.4 Å². The third-order valence-corrected chi connectivity index (χ3v) is 5.95. The Hall–Kier alpha value is -3.12. The number of allylic oxidation sites excluding steroid dienone is 2. The van der Waals surface area contributed by atoms with Crippen molar-refractivity contribution in [3.05, 3.63) is 87.2 Å². The zero-order valence-corrected chi connectivity index (χ0v) is 20.4. The third-order valence-electron chi connectivity index (χ3n) is 5.31. The monoisotopic (exact) mass is 493 g/mol. The summed E-state index contributed by atoms with van der Waals surface area (Å²) in [4.78, 5) is 13.1. The minimum absolute atomic E-state index is 0.167. The Kier molecular flexibility index (Phi) is 7.70. The largest absolute Gasteiger partial charge is 0.507 e. The van der Waals surface area contributed by atoms with E-state index in [4.69, 9.17) is 0 Å². The molecule has 0 saturated heterocycles. The highest BCUT2D eigenvalue weighted by Crippen LogP contribution is 2.27. The first kappa shape index (κ1) is 23.5. The Balaban J connectivity index is 1.93. The molecule has 0 aliphatic rings. The molecule has 6 heteroatoms. The lowest BCUT2D eigenvalue weighted by atomic mass is 10.0. The first-order chi connectivity index (χ1) is 15.3. The van der Waals surface area contributed by atoms with Crippen LogP contribution < -0.4 is 5.32 Å². The van der Waals surface area contributed by atoms with Crippen molar-refractivity contribution in [2.75, 3.05) is 0 Å². The van der Waals surface area contributed by atoms with Gasteiger partial charge in [0, 0.05) is 17.7 Å². The van der Waals surface area contributed by atoms with Crippen LogP contribution in [-0.4, -0.2) is 20.8 Å². The van der Waals surface area contributed by atoms with E-state index in [0.29, 0.717) is 16.6 Å². The molecule has 0 unspecified atom stereocenters. The third kappa shape index (κ3) is 5.37. The van der Waals surface area contributed by atoms with Gasteiger partial charge in [-0.25, -0.2) is 4.68 Å². The van der Waals surface area contributed by atoms with E-state index in [1.807, 2.05) is 29.8 Å². The molecule has 0 spiro atoms. The van der Waals surface area contributed by atoms with Crippen molar-refractivity contribution in [2.45, 2.75) is 40.7 Å². The molecule has 1 amide bonds. The van der Waals surface area contributed by atoms with Crippen LogP contribution in [0.4, 0.5) is 0 Å². The highest BCUT2D eigenvalue weighted by atomic mass is 79.9. The van der Waals surface area contributed by atoms with Crippen LogP contribution in [0.3, 0.4) is 0 Å². The van der Waals surface area contributed by atoms with E-state index < -0.39 is 0 Å². The molecule has 2 N–H and O–H groups in total. The minimum Gasteiger partial charge on any atom is -0.507 e. The molecule has 2 aromatic carbocycles. The van der Waals surface area contributed by atoms with Gasteiger partial charge in [-0.2, -0.15) is 5.10 Å². The van der Waals surface area contributed by atoms with Crippen LogP contribution in [0.2, 0.25) is 0 Å². The summed E-state index contributed by atoms with van der Waals surface area (Å²) in [5.41, 5.74) is 6.44. The zero-order valence-electron chi connectivity index (χ0n) is 18.8. The number of nitrogens with zero attached hydrogens (tertiary/aromatic N) is 2. The van der Waals surface area contributed by atoms with Crippen LogP contribution in [0.25, 0.3) is 17.3 Å². The molecule has 0 aliphatic carbocycles. The van der Waals surface area contributed by atoms with E-state index in [-0.39, 0.29) is 11.7 Å². The Morgan fingerprint density at radius 1 is 1.22 bits per heavy atom. The molecule has 0 saturated carbocycles. The maximum absolute atomic E-state index is 13.1. The summed E-state index contributed by atoms with van der Waals surface area (Å²) >= 11 is 3.31. The summed E-state index contributed by atoms with van der Waals surface area (Å²) in [6, 6.07) is 13.3. The highest BCUT2D eigenvalue weighted by Gasteiger charge is 2.19. The number of phenolic OH excluding ortho intramolecular Hbond substituents is 1. The van der Waals surface area contributed by atoms with Crippen molar-refractivity contribution in [1.29, 1.82) is 0 Å². The predicted octanol–water partition coefficient (Wildman–Crippen LogP) is 6.18. The first-order valence-electron chi connectivity index (χ1n) is 10.6. The van der Waals surface area contributed by atoms with E-state index >= 15 is 0 Å². The molecule has 166 valence electrons. The second-order valence-electron chi connectivity index (χ2n) is 7.71. The smallest absolute Gasteiger partial charge is 0.251 e. The number of aryl methyl sites for hydroxylation is 1. The number of hydrogen-bond acceptors (Lipinski definition) is 3. The maximum atomic E-state index is 13.1. The summed E-state index contributed by atoms with van der Waals surface area (Å²) in [7, 11) is 0. The zero-order chi connectivity index (χ0) is 23.3. The van der Waals surface area contributed by atoms with E-state index in [1.54, 1.807) is 24.4 Å². The molecule has 1 heterocycles. The van der Waals surface area contributed by atoms with Crippen molar-refractivity contribution >= 4 is 33.5 Å². The van der Waals surface area contributed by atoms with Crippen molar-refractivity contribution in [3.63, 3.8) is 0 Å². The molecule has 3 aromatic rings. The molecule has 0 atom stereocenters. The van der Waals surface area contributed by atoms with Crippen molar-refractivity contribution in [1.82, 2.24) is 15.1 Å². The number of aromatic hydroxyl groups is 1. The number of nitrogens with one attached hydrogen (secondary N) is 1. The standard InChI is InChI=1S/C26H28BrN3O2/c1-5-17(3)13-24-22(16-29-30(24)20-10-7-18(4)8-11-20)21(6-2)26(32)28-15-19-9-12-25(31)23(27)14-19/h6-14,16,31H,5,15H2,1-4H3,(H,28,32)/b17-13+,21-6+. The number of carbonyl (C=O) groups is 1. The number of carbonyl (C=O) groups excluding carboxylic acids is 1. The van der Waals surface area contributed by atoms with Crippen LogP contribution in [0.1, 0.15) is 49.6 Å². The van der Waals surface area contributed by atoms with Crippen molar-refractivity contribution in [2.24, 2.45) is 0 Å². The first-order valence-corrected chi connectivity index (χ1v) is 11.4. The second-order valence-corrected chi connectivity index (χ2v) is 8.56. The Bertz CT molecular complexity index is 1170. The quantitative estimate of drug-likeness (QED) is 0.386. The average molecular weight is 494 g/mol. The van der Waals surface area contributed by atoms with E-state index in [0.717, 1.165) is 28.9 Å². The summed E-state index contributed by atoms with van der Waals surface area (Å²) < 4.78 is 2.47. The Morgan fingerprint density at radius 2 is 1.94 bits per heavy atom. The molecule has 1 aromatic heterocycles. The Labute approximate surface area is 197 Å².